The van der Waals surface area contributed by atoms with Crippen LogP contribution in [0.2, 0.25) is 0 Å². The van der Waals surface area contributed by atoms with Crippen LogP contribution in [0.25, 0.3) is 0 Å². The van der Waals surface area contributed by atoms with Crippen LogP contribution in [0.15, 0.2) is 0 Å². The van der Waals surface area contributed by atoms with E-state index < -0.39 is 17.3 Å². The predicted molar refractivity (Wildman–Crippen MR) is 55.6 cm³/mol. The molecule has 0 radical (unpaired) electrons. The Morgan fingerprint density at radius 2 is 1.88 bits per heavy atom. The number of nitrogens with one attached hydrogen (secondary N) is 2. The molecule has 0 aromatic rings. The number of amides is 2. The van der Waals surface area contributed by atoms with E-state index in [0.29, 0.717) is 19.4 Å². The van der Waals surface area contributed by atoms with E-state index in [1.165, 1.54) is 0 Å². The van der Waals surface area contributed by atoms with Crippen LogP contribution in [-0.2, 0) is 14.4 Å². The van der Waals surface area contributed by atoms with Crippen LogP contribution in [-0.4, -0.2) is 36.0 Å². The Hall–Kier alpha value is -1.59. The van der Waals surface area contributed by atoms with Crippen LogP contribution in [0.1, 0.15) is 26.2 Å². The van der Waals surface area contributed by atoms with Crippen molar-refractivity contribution in [2.24, 2.45) is 5.41 Å². The van der Waals surface area contributed by atoms with Crippen molar-refractivity contribution in [1.82, 2.24) is 10.6 Å². The highest BCUT2D eigenvalue weighted by Gasteiger charge is 2.51. The lowest BCUT2D eigenvalue weighted by atomic mass is 9.68. The molecule has 2 amide bonds. The highest BCUT2D eigenvalue weighted by atomic mass is 16.4. The lowest BCUT2D eigenvalue weighted by molar-refractivity contribution is -0.162. The summed E-state index contributed by atoms with van der Waals surface area (Å²) in [5, 5.41) is 13.8. The van der Waals surface area contributed by atoms with E-state index in [1.807, 2.05) is 0 Å². The molecule has 0 aromatic heterocycles. The van der Waals surface area contributed by atoms with Gasteiger partial charge in [0.2, 0.25) is 11.8 Å². The maximum absolute atomic E-state index is 11.6. The molecule has 0 aliphatic heterocycles. The Kier molecular flexibility index (Phi) is 3.87. The first-order chi connectivity index (χ1) is 7.53. The zero-order chi connectivity index (χ0) is 12.2. The SMILES string of the molecule is CCNC(=O)CNC(=O)C1(C(=O)O)CCC1. The van der Waals surface area contributed by atoms with Gasteiger partial charge >= 0.3 is 5.97 Å². The van der Waals surface area contributed by atoms with Crippen LogP contribution in [0.4, 0.5) is 0 Å². The molecule has 1 aliphatic carbocycles. The number of hydrogen-bond donors (Lipinski definition) is 3. The van der Waals surface area contributed by atoms with E-state index >= 15 is 0 Å². The van der Waals surface area contributed by atoms with E-state index in [9.17, 15) is 14.4 Å². The summed E-state index contributed by atoms with van der Waals surface area (Å²) in [6.07, 6.45) is 1.44. The standard InChI is InChI=1S/C10H16N2O4/c1-2-11-7(13)6-12-8(14)10(9(15)16)4-3-5-10/h2-6H2,1H3,(H,11,13)(H,12,14)(H,15,16). The summed E-state index contributed by atoms with van der Waals surface area (Å²) in [5.74, 6) is -1.97. The number of carbonyl (C=O) groups excluding carboxylic acids is 2. The summed E-state index contributed by atoms with van der Waals surface area (Å²) in [4.78, 5) is 33.7. The number of carbonyl (C=O) groups is 3. The second kappa shape index (κ2) is 4.96. The molecule has 0 unspecified atom stereocenters. The minimum absolute atomic E-state index is 0.165. The Morgan fingerprint density at radius 1 is 1.25 bits per heavy atom. The summed E-state index contributed by atoms with van der Waals surface area (Å²) in [5.41, 5.74) is -1.30. The largest absolute Gasteiger partial charge is 0.480 e. The second-order valence-electron chi connectivity index (χ2n) is 3.88. The average molecular weight is 228 g/mol. The van der Waals surface area contributed by atoms with E-state index in [4.69, 9.17) is 5.11 Å². The Labute approximate surface area is 93.4 Å². The molecule has 0 saturated heterocycles. The number of hydrogen-bond acceptors (Lipinski definition) is 3. The van der Waals surface area contributed by atoms with Gasteiger partial charge in [-0.3, -0.25) is 14.4 Å². The Bertz CT molecular complexity index is 310. The van der Waals surface area contributed by atoms with Crippen molar-refractivity contribution in [2.45, 2.75) is 26.2 Å². The van der Waals surface area contributed by atoms with E-state index in [2.05, 4.69) is 10.6 Å². The minimum Gasteiger partial charge on any atom is -0.480 e. The summed E-state index contributed by atoms with van der Waals surface area (Å²) >= 11 is 0. The molecule has 0 atom stereocenters. The summed E-state index contributed by atoms with van der Waals surface area (Å²) < 4.78 is 0. The molecule has 1 aliphatic rings. The molecular weight excluding hydrogens is 212 g/mol. The highest BCUT2D eigenvalue weighted by molar-refractivity contribution is 6.03. The van der Waals surface area contributed by atoms with Gasteiger partial charge in [0.15, 0.2) is 0 Å². The normalized spacial score (nSPS) is 17.1. The quantitative estimate of drug-likeness (QED) is 0.552. The van der Waals surface area contributed by atoms with Crippen molar-refractivity contribution < 1.29 is 19.5 Å². The molecule has 1 rings (SSSR count). The second-order valence-corrected chi connectivity index (χ2v) is 3.88. The molecular formula is C10H16N2O4. The minimum atomic E-state index is -1.30. The van der Waals surface area contributed by atoms with Crippen LogP contribution in [0.3, 0.4) is 0 Å². The summed E-state index contributed by atoms with van der Waals surface area (Å²) in [6.45, 7) is 2.09. The Morgan fingerprint density at radius 3 is 2.25 bits per heavy atom. The maximum atomic E-state index is 11.6. The fraction of sp³-hybridized carbons (Fsp3) is 0.700. The molecule has 16 heavy (non-hydrogen) atoms. The van der Waals surface area contributed by atoms with Gasteiger partial charge in [0.05, 0.1) is 6.54 Å². The third-order valence-corrected chi connectivity index (χ3v) is 2.83. The van der Waals surface area contributed by atoms with E-state index in [1.54, 1.807) is 6.92 Å². The molecule has 1 saturated carbocycles. The zero-order valence-corrected chi connectivity index (χ0v) is 9.21. The summed E-state index contributed by atoms with van der Waals surface area (Å²) in [7, 11) is 0. The van der Waals surface area contributed by atoms with Crippen LogP contribution in [0, 0.1) is 5.41 Å². The summed E-state index contributed by atoms with van der Waals surface area (Å²) in [6, 6.07) is 0. The van der Waals surface area contributed by atoms with Crippen molar-refractivity contribution in [1.29, 1.82) is 0 Å². The van der Waals surface area contributed by atoms with Gasteiger partial charge in [-0.25, -0.2) is 0 Å². The van der Waals surface area contributed by atoms with Crippen molar-refractivity contribution in [2.75, 3.05) is 13.1 Å². The monoisotopic (exact) mass is 228 g/mol. The fourth-order valence-electron chi connectivity index (χ4n) is 1.66. The molecule has 6 nitrogen and oxygen atoms in total. The first-order valence-electron chi connectivity index (χ1n) is 5.31. The van der Waals surface area contributed by atoms with Crippen LogP contribution in [0.5, 0.6) is 0 Å². The third kappa shape index (κ3) is 2.32. The number of aliphatic carboxylic acids is 1. The van der Waals surface area contributed by atoms with Gasteiger partial charge in [-0.05, 0) is 19.8 Å². The molecule has 0 heterocycles. The fourth-order valence-corrected chi connectivity index (χ4v) is 1.66. The maximum Gasteiger partial charge on any atom is 0.319 e. The van der Waals surface area contributed by atoms with Gasteiger partial charge in [0, 0.05) is 6.54 Å². The van der Waals surface area contributed by atoms with Crippen molar-refractivity contribution in [3.63, 3.8) is 0 Å². The van der Waals surface area contributed by atoms with Gasteiger partial charge in [-0.1, -0.05) is 6.42 Å². The number of likely N-dealkylation sites (N-methyl/N-ethyl adjacent to an activating group) is 1. The highest BCUT2D eigenvalue weighted by Crippen LogP contribution is 2.41. The van der Waals surface area contributed by atoms with Crippen molar-refractivity contribution in [3.8, 4) is 0 Å². The zero-order valence-electron chi connectivity index (χ0n) is 9.21. The first kappa shape index (κ1) is 12.5. The number of carboxylic acids is 1. The molecule has 0 aromatic carbocycles. The topological polar surface area (TPSA) is 95.5 Å². The van der Waals surface area contributed by atoms with E-state index in [0.717, 1.165) is 6.42 Å². The average Bonchev–Trinajstić information content (AvgIpc) is 2.12. The van der Waals surface area contributed by atoms with Gasteiger partial charge in [0.1, 0.15) is 5.41 Å². The van der Waals surface area contributed by atoms with Crippen LogP contribution >= 0.6 is 0 Å². The smallest absolute Gasteiger partial charge is 0.319 e. The molecule has 0 bridgehead atoms. The first-order valence-corrected chi connectivity index (χ1v) is 5.31. The lowest BCUT2D eigenvalue weighted by Crippen LogP contribution is -2.52. The van der Waals surface area contributed by atoms with Gasteiger partial charge in [-0.2, -0.15) is 0 Å². The van der Waals surface area contributed by atoms with Crippen LogP contribution < -0.4 is 10.6 Å². The predicted octanol–water partition coefficient (Wildman–Crippen LogP) is -0.506. The number of carboxylic acid groups (broad SMARTS) is 1. The molecule has 3 N–H and O–H groups in total. The molecule has 6 heteroatoms. The van der Waals surface area contributed by atoms with Gasteiger partial charge < -0.3 is 15.7 Å². The van der Waals surface area contributed by atoms with Gasteiger partial charge in [-0.15, -0.1) is 0 Å². The van der Waals surface area contributed by atoms with E-state index in [-0.39, 0.29) is 12.5 Å². The molecule has 90 valence electrons. The van der Waals surface area contributed by atoms with Crippen molar-refractivity contribution >= 4 is 17.8 Å². The molecule has 0 spiro atoms. The third-order valence-electron chi connectivity index (χ3n) is 2.83. The van der Waals surface area contributed by atoms with Gasteiger partial charge in [0.25, 0.3) is 0 Å². The number of rotatable bonds is 5. The Balaban J connectivity index is 2.45. The molecule has 1 fully saturated rings. The lowest BCUT2D eigenvalue weighted by Gasteiger charge is -2.35. The van der Waals surface area contributed by atoms with Crippen molar-refractivity contribution in [3.05, 3.63) is 0 Å².